The van der Waals surface area contributed by atoms with Crippen LogP contribution in [0.2, 0.25) is 0 Å². The Balaban J connectivity index is 1.31. The molecule has 146 valence electrons. The van der Waals surface area contributed by atoms with E-state index in [1.165, 1.54) is 29.0 Å². The number of carbonyl (C=O) groups excluding carboxylic acids is 1. The molecule has 0 aliphatic rings. The van der Waals surface area contributed by atoms with Gasteiger partial charge in [-0.3, -0.25) is 4.79 Å². The first-order chi connectivity index (χ1) is 14.1. The van der Waals surface area contributed by atoms with E-state index >= 15 is 0 Å². The Hall–Kier alpha value is -2.90. The number of thiazole rings is 2. The molecule has 2 heterocycles. The normalized spacial score (nSPS) is 10.8. The van der Waals surface area contributed by atoms with Crippen molar-refractivity contribution >= 4 is 33.7 Å². The van der Waals surface area contributed by atoms with E-state index in [9.17, 15) is 9.18 Å². The van der Waals surface area contributed by atoms with E-state index in [4.69, 9.17) is 0 Å². The third-order valence-electron chi connectivity index (χ3n) is 4.23. The number of halogens is 1. The van der Waals surface area contributed by atoms with E-state index in [0.29, 0.717) is 11.6 Å². The maximum absolute atomic E-state index is 13.0. The predicted molar refractivity (Wildman–Crippen MR) is 115 cm³/mol. The highest BCUT2D eigenvalue weighted by Gasteiger charge is 2.11. The molecule has 1 N–H and O–H groups in total. The number of aromatic nitrogens is 2. The van der Waals surface area contributed by atoms with Crippen LogP contribution >= 0.6 is 22.7 Å². The second kappa shape index (κ2) is 9.07. The Morgan fingerprint density at radius 1 is 1.00 bits per heavy atom. The van der Waals surface area contributed by atoms with E-state index in [1.54, 1.807) is 29.7 Å². The van der Waals surface area contributed by atoms with Crippen molar-refractivity contribution in [2.24, 2.45) is 0 Å². The van der Waals surface area contributed by atoms with Gasteiger partial charge in [0, 0.05) is 29.3 Å². The van der Waals surface area contributed by atoms with Gasteiger partial charge in [-0.1, -0.05) is 42.5 Å². The Morgan fingerprint density at radius 2 is 1.76 bits per heavy atom. The fourth-order valence-electron chi connectivity index (χ4n) is 2.86. The van der Waals surface area contributed by atoms with Crippen LogP contribution in [-0.4, -0.2) is 15.9 Å². The molecule has 7 heteroatoms. The summed E-state index contributed by atoms with van der Waals surface area (Å²) in [6.07, 6.45) is 3.39. The van der Waals surface area contributed by atoms with Crippen molar-refractivity contribution in [1.82, 2.24) is 9.97 Å². The molecular weight excluding hydrogens is 405 g/mol. The number of nitrogens with zero attached hydrogens (tertiary/aromatic N) is 2. The van der Waals surface area contributed by atoms with Crippen molar-refractivity contribution < 1.29 is 9.18 Å². The van der Waals surface area contributed by atoms with Crippen molar-refractivity contribution in [3.05, 3.63) is 98.7 Å². The minimum atomic E-state index is -0.250. The first-order valence-electron chi connectivity index (χ1n) is 9.10. The lowest BCUT2D eigenvalue weighted by atomic mass is 10.1. The van der Waals surface area contributed by atoms with Gasteiger partial charge in [0.2, 0.25) is 5.91 Å². The van der Waals surface area contributed by atoms with Gasteiger partial charge in [-0.15, -0.1) is 22.7 Å². The molecule has 4 nitrogen and oxygen atoms in total. The van der Waals surface area contributed by atoms with Crippen molar-refractivity contribution in [1.29, 1.82) is 0 Å². The van der Waals surface area contributed by atoms with Crippen LogP contribution in [0.15, 0.2) is 66.2 Å². The largest absolute Gasteiger partial charge is 0.302 e. The quantitative estimate of drug-likeness (QED) is 0.450. The van der Waals surface area contributed by atoms with Crippen LogP contribution in [0, 0.1) is 5.82 Å². The summed E-state index contributed by atoms with van der Waals surface area (Å²) in [7, 11) is 0. The highest BCUT2D eigenvalue weighted by molar-refractivity contribution is 7.15. The van der Waals surface area contributed by atoms with Crippen LogP contribution in [0.4, 0.5) is 9.52 Å². The first-order valence-corrected chi connectivity index (χ1v) is 10.8. The number of nitrogens with one attached hydrogen (secondary N) is 1. The zero-order valence-electron chi connectivity index (χ0n) is 15.5. The first kappa shape index (κ1) is 19.4. The molecule has 1 amide bonds. The third kappa shape index (κ3) is 5.56. The number of carbonyl (C=O) groups is 1. The average molecular weight is 424 g/mol. The maximum Gasteiger partial charge on any atom is 0.232 e. The molecule has 0 saturated carbocycles. The van der Waals surface area contributed by atoms with Crippen molar-refractivity contribution in [3.63, 3.8) is 0 Å². The smallest absolute Gasteiger partial charge is 0.232 e. The minimum absolute atomic E-state index is 0.135. The van der Waals surface area contributed by atoms with Crippen molar-refractivity contribution in [3.8, 4) is 0 Å². The average Bonchev–Trinajstić information content (AvgIpc) is 3.34. The van der Waals surface area contributed by atoms with Crippen LogP contribution in [0.25, 0.3) is 0 Å². The lowest BCUT2D eigenvalue weighted by Crippen LogP contribution is -2.14. The fourth-order valence-corrected chi connectivity index (χ4v) is 4.55. The summed E-state index contributed by atoms with van der Waals surface area (Å²) in [6.45, 7) is 0. The van der Waals surface area contributed by atoms with Gasteiger partial charge >= 0.3 is 0 Å². The van der Waals surface area contributed by atoms with Crippen LogP contribution in [0.1, 0.15) is 26.7 Å². The molecule has 0 unspecified atom stereocenters. The summed E-state index contributed by atoms with van der Waals surface area (Å²) >= 11 is 2.99. The van der Waals surface area contributed by atoms with Gasteiger partial charge in [-0.2, -0.15) is 0 Å². The predicted octanol–water partition coefficient (Wildman–Crippen LogP) is 5.10. The highest BCUT2D eigenvalue weighted by Crippen LogP contribution is 2.22. The van der Waals surface area contributed by atoms with E-state index in [0.717, 1.165) is 27.6 Å². The van der Waals surface area contributed by atoms with Gasteiger partial charge < -0.3 is 5.32 Å². The summed E-state index contributed by atoms with van der Waals surface area (Å²) < 4.78 is 13.0. The third-order valence-corrected chi connectivity index (χ3v) is 6.04. The molecule has 29 heavy (non-hydrogen) atoms. The molecule has 2 aromatic heterocycles. The van der Waals surface area contributed by atoms with E-state index in [1.807, 2.05) is 23.6 Å². The Bertz CT molecular complexity index is 1090. The number of amides is 1. The minimum Gasteiger partial charge on any atom is -0.302 e. The number of anilines is 1. The Morgan fingerprint density at radius 3 is 2.55 bits per heavy atom. The molecule has 0 aliphatic heterocycles. The van der Waals surface area contributed by atoms with Gasteiger partial charge in [0.05, 0.1) is 17.1 Å². The van der Waals surface area contributed by atoms with Crippen molar-refractivity contribution in [2.75, 3.05) is 5.32 Å². The number of benzene rings is 2. The highest BCUT2D eigenvalue weighted by atomic mass is 32.1. The SMILES string of the molecule is O=C(Cc1csc(Cc2ccccc2)n1)Nc1ncc(Cc2ccc(F)cc2)s1. The fraction of sp³-hybridized carbons (Fsp3) is 0.136. The van der Waals surface area contributed by atoms with Crippen LogP contribution < -0.4 is 5.32 Å². The second-order valence-corrected chi connectivity index (χ2v) is 8.61. The summed E-state index contributed by atoms with van der Waals surface area (Å²) in [4.78, 5) is 22.2. The summed E-state index contributed by atoms with van der Waals surface area (Å²) in [5.41, 5.74) is 2.97. The Labute approximate surface area is 176 Å². The van der Waals surface area contributed by atoms with Gasteiger partial charge in [-0.05, 0) is 23.3 Å². The zero-order valence-corrected chi connectivity index (χ0v) is 17.1. The molecule has 4 aromatic rings. The second-order valence-electron chi connectivity index (χ2n) is 6.55. The Kier molecular flexibility index (Phi) is 6.07. The van der Waals surface area contributed by atoms with Gasteiger partial charge in [0.1, 0.15) is 5.82 Å². The number of hydrogen-bond donors (Lipinski definition) is 1. The molecular formula is C22H18FN3OS2. The van der Waals surface area contributed by atoms with Crippen molar-refractivity contribution in [2.45, 2.75) is 19.3 Å². The lowest BCUT2D eigenvalue weighted by Gasteiger charge is -2.00. The molecule has 0 atom stereocenters. The monoisotopic (exact) mass is 423 g/mol. The number of hydrogen-bond acceptors (Lipinski definition) is 5. The zero-order chi connectivity index (χ0) is 20.1. The summed E-state index contributed by atoms with van der Waals surface area (Å²) in [6, 6.07) is 16.5. The molecule has 0 saturated heterocycles. The van der Waals surface area contributed by atoms with Crippen LogP contribution in [0.3, 0.4) is 0 Å². The molecule has 0 aliphatic carbocycles. The molecule has 0 fully saturated rings. The molecule has 2 aromatic carbocycles. The number of rotatable bonds is 7. The van der Waals surface area contributed by atoms with E-state index in [-0.39, 0.29) is 18.1 Å². The molecule has 0 bridgehead atoms. The summed E-state index contributed by atoms with van der Waals surface area (Å²) in [5.74, 6) is -0.385. The van der Waals surface area contributed by atoms with Gasteiger partial charge in [-0.25, -0.2) is 14.4 Å². The van der Waals surface area contributed by atoms with E-state index < -0.39 is 0 Å². The summed E-state index contributed by atoms with van der Waals surface area (Å²) in [5, 5.41) is 6.33. The maximum atomic E-state index is 13.0. The van der Waals surface area contributed by atoms with Gasteiger partial charge in [0.15, 0.2) is 5.13 Å². The van der Waals surface area contributed by atoms with E-state index in [2.05, 4.69) is 27.4 Å². The van der Waals surface area contributed by atoms with Crippen LogP contribution in [0.5, 0.6) is 0 Å². The van der Waals surface area contributed by atoms with Gasteiger partial charge in [0.25, 0.3) is 0 Å². The molecule has 0 radical (unpaired) electrons. The topological polar surface area (TPSA) is 54.9 Å². The molecule has 0 spiro atoms. The standard InChI is InChI=1S/C22H18FN3OS2/c23-17-8-6-16(7-9-17)10-19-13-24-22(29-19)26-20(27)12-18-14-28-21(25-18)11-15-4-2-1-3-5-15/h1-9,13-14H,10-12H2,(H,24,26,27). The van der Waals surface area contributed by atoms with Crippen LogP contribution in [-0.2, 0) is 24.1 Å². The lowest BCUT2D eigenvalue weighted by molar-refractivity contribution is -0.115. The molecule has 4 rings (SSSR count).